The average molecular weight is 265 g/mol. The molecule has 0 aliphatic carbocycles. The summed E-state index contributed by atoms with van der Waals surface area (Å²) in [7, 11) is 3.48. The molecule has 1 aromatic carbocycles. The van der Waals surface area contributed by atoms with Gasteiger partial charge in [0, 0.05) is 33.4 Å². The predicted molar refractivity (Wildman–Crippen MR) is 74.4 cm³/mol. The maximum Gasteiger partial charge on any atom is 0.115 e. The number of phenolic OH excluding ortho intramolecular Hbond substituents is 1. The molecule has 0 spiro atoms. The predicted octanol–water partition coefficient (Wildman–Crippen LogP) is 1.67. The van der Waals surface area contributed by atoms with Crippen LogP contribution in [0.5, 0.6) is 5.75 Å². The molecule has 0 bridgehead atoms. The van der Waals surface area contributed by atoms with Crippen molar-refractivity contribution in [1.29, 1.82) is 0 Å². The molecule has 19 heavy (non-hydrogen) atoms. The second-order valence-electron chi connectivity index (χ2n) is 5.22. The maximum atomic E-state index is 9.29. The van der Waals surface area contributed by atoms with Crippen LogP contribution in [0.15, 0.2) is 24.3 Å². The van der Waals surface area contributed by atoms with Crippen LogP contribution in [0.2, 0.25) is 0 Å². The average Bonchev–Trinajstić information content (AvgIpc) is 2.84. The Morgan fingerprint density at radius 3 is 2.16 bits per heavy atom. The number of benzene rings is 1. The fourth-order valence-corrected chi connectivity index (χ4v) is 2.69. The topological polar surface area (TPSA) is 41.9 Å². The van der Waals surface area contributed by atoms with Crippen LogP contribution in [-0.2, 0) is 15.9 Å². The first-order valence-electron chi connectivity index (χ1n) is 6.71. The van der Waals surface area contributed by atoms with Crippen LogP contribution in [0.1, 0.15) is 12.5 Å². The number of phenols is 1. The van der Waals surface area contributed by atoms with Gasteiger partial charge < -0.3 is 14.6 Å². The molecule has 106 valence electrons. The van der Waals surface area contributed by atoms with Gasteiger partial charge in [0.1, 0.15) is 5.75 Å². The van der Waals surface area contributed by atoms with Crippen molar-refractivity contribution >= 4 is 0 Å². The van der Waals surface area contributed by atoms with Gasteiger partial charge in [-0.1, -0.05) is 12.1 Å². The highest BCUT2D eigenvalue weighted by Crippen LogP contribution is 2.20. The lowest BCUT2D eigenvalue weighted by Gasteiger charge is -2.24. The van der Waals surface area contributed by atoms with Crippen LogP contribution < -0.4 is 0 Å². The first kappa shape index (κ1) is 14.3. The van der Waals surface area contributed by atoms with E-state index >= 15 is 0 Å². The van der Waals surface area contributed by atoms with E-state index < -0.39 is 0 Å². The summed E-state index contributed by atoms with van der Waals surface area (Å²) in [5.41, 5.74) is 1.24. The van der Waals surface area contributed by atoms with E-state index in [2.05, 4.69) is 11.8 Å². The van der Waals surface area contributed by atoms with Crippen molar-refractivity contribution in [2.45, 2.75) is 31.6 Å². The lowest BCUT2D eigenvalue weighted by atomic mass is 10.1. The number of hydrogen-bond acceptors (Lipinski definition) is 4. The van der Waals surface area contributed by atoms with E-state index in [0.29, 0.717) is 11.8 Å². The molecule has 1 fully saturated rings. The van der Waals surface area contributed by atoms with Crippen molar-refractivity contribution in [1.82, 2.24) is 4.90 Å². The molecule has 0 aromatic heterocycles. The SMILES string of the molecule is COC1CN(C(C)Cc2ccc(O)cc2)CC1OC. The Labute approximate surface area is 114 Å². The minimum Gasteiger partial charge on any atom is -0.508 e. The normalized spacial score (nSPS) is 25.6. The van der Waals surface area contributed by atoms with E-state index in [9.17, 15) is 5.11 Å². The summed E-state index contributed by atoms with van der Waals surface area (Å²) in [6.07, 6.45) is 1.28. The molecular formula is C15H23NO3. The maximum absolute atomic E-state index is 9.29. The molecule has 1 aliphatic rings. The Balaban J connectivity index is 1.93. The van der Waals surface area contributed by atoms with Gasteiger partial charge in [0.25, 0.3) is 0 Å². The Kier molecular flexibility index (Phi) is 4.80. The number of nitrogens with zero attached hydrogens (tertiary/aromatic N) is 1. The molecular weight excluding hydrogens is 242 g/mol. The van der Waals surface area contributed by atoms with Gasteiger partial charge in [-0.15, -0.1) is 0 Å². The molecule has 1 aromatic rings. The summed E-state index contributed by atoms with van der Waals surface area (Å²) in [5.74, 6) is 0.316. The number of aromatic hydroxyl groups is 1. The molecule has 3 unspecified atom stereocenters. The summed E-state index contributed by atoms with van der Waals surface area (Å²) in [6.45, 7) is 4.04. The van der Waals surface area contributed by atoms with Gasteiger partial charge in [0.15, 0.2) is 0 Å². The first-order valence-corrected chi connectivity index (χ1v) is 6.71. The van der Waals surface area contributed by atoms with E-state index in [0.717, 1.165) is 19.5 Å². The van der Waals surface area contributed by atoms with Gasteiger partial charge in [-0.25, -0.2) is 0 Å². The largest absolute Gasteiger partial charge is 0.508 e. The van der Waals surface area contributed by atoms with E-state index in [1.54, 1.807) is 26.4 Å². The molecule has 1 heterocycles. The van der Waals surface area contributed by atoms with Crippen LogP contribution in [0, 0.1) is 0 Å². The van der Waals surface area contributed by atoms with Crippen LogP contribution in [0.4, 0.5) is 0 Å². The number of likely N-dealkylation sites (tertiary alicyclic amines) is 1. The molecule has 4 nitrogen and oxygen atoms in total. The zero-order chi connectivity index (χ0) is 13.8. The quantitative estimate of drug-likeness (QED) is 0.879. The summed E-state index contributed by atoms with van der Waals surface area (Å²) < 4.78 is 10.9. The summed E-state index contributed by atoms with van der Waals surface area (Å²) in [6, 6.07) is 7.86. The molecule has 0 radical (unpaired) electrons. The fourth-order valence-electron chi connectivity index (χ4n) is 2.69. The molecule has 4 heteroatoms. The van der Waals surface area contributed by atoms with Gasteiger partial charge in [-0.05, 0) is 31.0 Å². The number of rotatable bonds is 5. The van der Waals surface area contributed by atoms with Crippen LogP contribution in [0.25, 0.3) is 0 Å². The van der Waals surface area contributed by atoms with Crippen molar-refractivity contribution in [3.63, 3.8) is 0 Å². The lowest BCUT2D eigenvalue weighted by Crippen LogP contribution is -2.33. The number of methoxy groups -OCH3 is 2. The lowest BCUT2D eigenvalue weighted by molar-refractivity contribution is -0.00461. The zero-order valence-corrected chi connectivity index (χ0v) is 11.9. The highest BCUT2D eigenvalue weighted by molar-refractivity contribution is 5.26. The van der Waals surface area contributed by atoms with Gasteiger partial charge >= 0.3 is 0 Å². The third kappa shape index (κ3) is 3.47. The standard InChI is InChI=1S/C15H23NO3/c1-11(8-12-4-6-13(17)7-5-12)16-9-14(18-2)15(10-16)19-3/h4-7,11,14-15,17H,8-10H2,1-3H3. The first-order chi connectivity index (χ1) is 9.13. The molecule has 0 amide bonds. The van der Waals surface area contributed by atoms with Crippen molar-refractivity contribution in [3.8, 4) is 5.75 Å². The van der Waals surface area contributed by atoms with Crippen molar-refractivity contribution in [2.24, 2.45) is 0 Å². The minimum atomic E-state index is 0.160. The van der Waals surface area contributed by atoms with Crippen LogP contribution in [0.3, 0.4) is 0 Å². The van der Waals surface area contributed by atoms with Crippen LogP contribution in [-0.4, -0.2) is 55.6 Å². The summed E-state index contributed by atoms with van der Waals surface area (Å²) in [5, 5.41) is 9.29. The number of hydrogen-bond donors (Lipinski definition) is 1. The van der Waals surface area contributed by atoms with E-state index in [4.69, 9.17) is 9.47 Å². The van der Waals surface area contributed by atoms with E-state index in [-0.39, 0.29) is 12.2 Å². The summed E-state index contributed by atoms with van der Waals surface area (Å²) >= 11 is 0. The highest BCUT2D eigenvalue weighted by atomic mass is 16.5. The zero-order valence-electron chi connectivity index (χ0n) is 11.9. The van der Waals surface area contributed by atoms with Gasteiger partial charge in [-0.2, -0.15) is 0 Å². The smallest absolute Gasteiger partial charge is 0.115 e. The van der Waals surface area contributed by atoms with Crippen molar-refractivity contribution in [3.05, 3.63) is 29.8 Å². The van der Waals surface area contributed by atoms with Crippen LogP contribution >= 0.6 is 0 Å². The Morgan fingerprint density at radius 2 is 1.68 bits per heavy atom. The molecule has 3 atom stereocenters. The second kappa shape index (κ2) is 6.37. The molecule has 1 aliphatic heterocycles. The van der Waals surface area contributed by atoms with Crippen molar-refractivity contribution < 1.29 is 14.6 Å². The summed E-state index contributed by atoms with van der Waals surface area (Å²) in [4.78, 5) is 2.40. The Hall–Kier alpha value is -1.10. The van der Waals surface area contributed by atoms with Crippen molar-refractivity contribution in [2.75, 3.05) is 27.3 Å². The Morgan fingerprint density at radius 1 is 1.16 bits per heavy atom. The second-order valence-corrected chi connectivity index (χ2v) is 5.22. The van der Waals surface area contributed by atoms with Gasteiger partial charge in [0.2, 0.25) is 0 Å². The third-order valence-corrected chi connectivity index (χ3v) is 3.94. The molecule has 2 rings (SSSR count). The van der Waals surface area contributed by atoms with Gasteiger partial charge in [-0.3, -0.25) is 4.90 Å². The molecule has 1 N–H and O–H groups in total. The molecule has 1 saturated heterocycles. The monoisotopic (exact) mass is 265 g/mol. The highest BCUT2D eigenvalue weighted by Gasteiger charge is 2.34. The molecule has 0 saturated carbocycles. The van der Waals surface area contributed by atoms with E-state index in [1.165, 1.54) is 5.56 Å². The fraction of sp³-hybridized carbons (Fsp3) is 0.600. The third-order valence-electron chi connectivity index (χ3n) is 3.94. The van der Waals surface area contributed by atoms with Gasteiger partial charge in [0.05, 0.1) is 12.2 Å². The Bertz CT molecular complexity index is 381. The van der Waals surface area contributed by atoms with E-state index in [1.807, 2.05) is 12.1 Å². The number of ether oxygens (including phenoxy) is 2. The minimum absolute atomic E-state index is 0.160.